The molecule has 1 heterocycles. The fourth-order valence-electron chi connectivity index (χ4n) is 2.03. The number of benzene rings is 2. The van der Waals surface area contributed by atoms with Crippen LogP contribution in [-0.2, 0) is 6.54 Å². The smallest absolute Gasteiger partial charge is 0.0647 e. The number of hydrogen-bond acceptors (Lipinski definition) is 2. The Kier molecular flexibility index (Phi) is 4.27. The number of halogens is 2. The van der Waals surface area contributed by atoms with Crippen LogP contribution in [0.3, 0.4) is 0 Å². The van der Waals surface area contributed by atoms with Crippen molar-refractivity contribution < 1.29 is 0 Å². The molecular weight excluding hydrogens is 350 g/mol. The summed E-state index contributed by atoms with van der Waals surface area (Å²) < 4.78 is 2.85. The molecule has 0 aliphatic carbocycles. The van der Waals surface area contributed by atoms with E-state index in [4.69, 9.17) is 11.6 Å². The zero-order valence-electron chi connectivity index (χ0n) is 11.1. The molecule has 0 spiro atoms. The second-order valence-corrected chi connectivity index (χ2v) is 5.91. The minimum atomic E-state index is 0.680. The second-order valence-electron chi connectivity index (χ2n) is 4.59. The van der Waals surface area contributed by atoms with Gasteiger partial charge < -0.3 is 5.32 Å². The summed E-state index contributed by atoms with van der Waals surface area (Å²) >= 11 is 9.64. The summed E-state index contributed by atoms with van der Waals surface area (Å²) in [6.45, 7) is 0.680. The van der Waals surface area contributed by atoms with E-state index in [1.165, 1.54) is 0 Å². The highest BCUT2D eigenvalue weighted by Crippen LogP contribution is 2.22. The van der Waals surface area contributed by atoms with Crippen molar-refractivity contribution in [3.8, 4) is 5.69 Å². The predicted octanol–water partition coefficient (Wildman–Crippen LogP) is 4.90. The molecule has 2 aromatic carbocycles. The maximum absolute atomic E-state index is 6.18. The molecule has 21 heavy (non-hydrogen) atoms. The molecular formula is C16H13BrClN3. The van der Waals surface area contributed by atoms with Gasteiger partial charge in [-0.25, -0.2) is 4.68 Å². The van der Waals surface area contributed by atoms with Gasteiger partial charge in [-0.15, -0.1) is 0 Å². The Bertz CT molecular complexity index is 724. The molecule has 0 aliphatic rings. The Morgan fingerprint density at radius 3 is 2.67 bits per heavy atom. The van der Waals surface area contributed by atoms with Crippen molar-refractivity contribution in [3.05, 3.63) is 76.0 Å². The van der Waals surface area contributed by atoms with Crippen molar-refractivity contribution in [2.75, 3.05) is 5.32 Å². The minimum Gasteiger partial charge on any atom is -0.381 e. The Balaban J connectivity index is 1.70. The molecule has 3 rings (SSSR count). The zero-order chi connectivity index (χ0) is 14.7. The average molecular weight is 363 g/mol. The number of nitrogens with one attached hydrogen (secondary N) is 1. The van der Waals surface area contributed by atoms with Gasteiger partial charge in [0.15, 0.2) is 0 Å². The second kappa shape index (κ2) is 6.33. The Morgan fingerprint density at radius 2 is 1.95 bits per heavy atom. The molecule has 3 nitrogen and oxygen atoms in total. The van der Waals surface area contributed by atoms with E-state index in [0.29, 0.717) is 6.54 Å². The molecule has 0 saturated heterocycles. The van der Waals surface area contributed by atoms with E-state index < -0.39 is 0 Å². The van der Waals surface area contributed by atoms with E-state index in [0.717, 1.165) is 26.4 Å². The monoisotopic (exact) mass is 361 g/mol. The van der Waals surface area contributed by atoms with Gasteiger partial charge >= 0.3 is 0 Å². The molecule has 1 aromatic heterocycles. The Morgan fingerprint density at radius 1 is 1.14 bits per heavy atom. The molecule has 0 atom stereocenters. The van der Waals surface area contributed by atoms with Gasteiger partial charge in [0.05, 0.1) is 5.69 Å². The van der Waals surface area contributed by atoms with Crippen molar-refractivity contribution in [1.82, 2.24) is 9.78 Å². The van der Waals surface area contributed by atoms with Crippen LogP contribution in [0.5, 0.6) is 0 Å². The molecule has 0 unspecified atom stereocenters. The van der Waals surface area contributed by atoms with Crippen molar-refractivity contribution >= 4 is 33.2 Å². The van der Waals surface area contributed by atoms with Crippen LogP contribution in [0.4, 0.5) is 5.69 Å². The summed E-state index contributed by atoms with van der Waals surface area (Å²) in [5.41, 5.74) is 3.13. The van der Waals surface area contributed by atoms with Gasteiger partial charge in [0.1, 0.15) is 0 Å². The topological polar surface area (TPSA) is 29.9 Å². The lowest BCUT2D eigenvalue weighted by Crippen LogP contribution is -2.01. The summed E-state index contributed by atoms with van der Waals surface area (Å²) in [5.74, 6) is 0. The third kappa shape index (κ3) is 3.46. The normalized spacial score (nSPS) is 10.6. The van der Waals surface area contributed by atoms with E-state index in [9.17, 15) is 0 Å². The molecule has 3 aromatic rings. The standard InChI is InChI=1S/C16H13BrClN3/c17-13-2-7-16(18)12(10-13)11-19-14-3-5-15(6-4-14)21-9-1-8-20-21/h1-10,19H,11H2. The quantitative estimate of drug-likeness (QED) is 0.715. The number of anilines is 1. The van der Waals surface area contributed by atoms with E-state index in [1.807, 2.05) is 59.4 Å². The van der Waals surface area contributed by atoms with Crippen LogP contribution in [0.2, 0.25) is 5.02 Å². The highest BCUT2D eigenvalue weighted by Gasteiger charge is 2.02. The molecule has 1 N–H and O–H groups in total. The van der Waals surface area contributed by atoms with Crippen molar-refractivity contribution in [3.63, 3.8) is 0 Å². The fraction of sp³-hybridized carbons (Fsp3) is 0.0625. The predicted molar refractivity (Wildman–Crippen MR) is 90.0 cm³/mol. The summed E-state index contributed by atoms with van der Waals surface area (Å²) in [4.78, 5) is 0. The number of nitrogens with zero attached hydrogens (tertiary/aromatic N) is 2. The first-order valence-corrected chi connectivity index (χ1v) is 7.67. The summed E-state index contributed by atoms with van der Waals surface area (Å²) in [5, 5.41) is 8.33. The van der Waals surface area contributed by atoms with Gasteiger partial charge in [0.2, 0.25) is 0 Å². The van der Waals surface area contributed by atoms with Crippen LogP contribution in [0.25, 0.3) is 5.69 Å². The molecule has 5 heteroatoms. The maximum Gasteiger partial charge on any atom is 0.0647 e. The van der Waals surface area contributed by atoms with Crippen molar-refractivity contribution in [2.24, 2.45) is 0 Å². The van der Waals surface area contributed by atoms with Crippen LogP contribution in [-0.4, -0.2) is 9.78 Å². The third-order valence-electron chi connectivity index (χ3n) is 3.13. The first-order valence-electron chi connectivity index (χ1n) is 6.50. The summed E-state index contributed by atoms with van der Waals surface area (Å²) in [7, 11) is 0. The molecule has 0 fully saturated rings. The lowest BCUT2D eigenvalue weighted by Gasteiger charge is -2.09. The Hall–Kier alpha value is -1.78. The van der Waals surface area contributed by atoms with E-state index >= 15 is 0 Å². The number of hydrogen-bond donors (Lipinski definition) is 1. The first-order chi connectivity index (χ1) is 10.2. The van der Waals surface area contributed by atoms with Gasteiger partial charge in [0, 0.05) is 34.1 Å². The van der Waals surface area contributed by atoms with Crippen LogP contribution in [0.1, 0.15) is 5.56 Å². The van der Waals surface area contributed by atoms with Crippen LogP contribution in [0.15, 0.2) is 65.4 Å². The number of rotatable bonds is 4. The largest absolute Gasteiger partial charge is 0.381 e. The molecule has 0 amide bonds. The van der Waals surface area contributed by atoms with Crippen molar-refractivity contribution in [2.45, 2.75) is 6.54 Å². The lowest BCUT2D eigenvalue weighted by molar-refractivity contribution is 0.880. The zero-order valence-corrected chi connectivity index (χ0v) is 13.5. The first kappa shape index (κ1) is 14.2. The molecule has 106 valence electrons. The molecule has 0 radical (unpaired) electrons. The van der Waals surface area contributed by atoms with Gasteiger partial charge in [-0.2, -0.15) is 5.10 Å². The summed E-state index contributed by atoms with van der Waals surface area (Å²) in [6, 6.07) is 15.9. The Labute approximate surface area is 136 Å². The van der Waals surface area contributed by atoms with E-state index in [2.05, 4.69) is 26.3 Å². The lowest BCUT2D eigenvalue weighted by atomic mass is 10.2. The van der Waals surface area contributed by atoms with Gasteiger partial charge in [-0.1, -0.05) is 27.5 Å². The van der Waals surface area contributed by atoms with Gasteiger partial charge in [-0.05, 0) is 54.1 Å². The van der Waals surface area contributed by atoms with Crippen LogP contribution < -0.4 is 5.32 Å². The molecule has 0 saturated carbocycles. The van der Waals surface area contributed by atoms with E-state index in [-0.39, 0.29) is 0 Å². The van der Waals surface area contributed by atoms with E-state index in [1.54, 1.807) is 6.20 Å². The third-order valence-corrected chi connectivity index (χ3v) is 3.99. The molecule has 0 bridgehead atoms. The van der Waals surface area contributed by atoms with Gasteiger partial charge in [-0.3, -0.25) is 0 Å². The minimum absolute atomic E-state index is 0.680. The average Bonchev–Trinajstić information content (AvgIpc) is 3.03. The SMILES string of the molecule is Clc1ccc(Br)cc1CNc1ccc(-n2cccn2)cc1. The van der Waals surface area contributed by atoms with Crippen molar-refractivity contribution in [1.29, 1.82) is 0 Å². The van der Waals surface area contributed by atoms with Crippen LogP contribution in [0, 0.1) is 0 Å². The molecule has 0 aliphatic heterocycles. The number of aromatic nitrogens is 2. The highest BCUT2D eigenvalue weighted by molar-refractivity contribution is 9.10. The summed E-state index contributed by atoms with van der Waals surface area (Å²) in [6.07, 6.45) is 3.69. The van der Waals surface area contributed by atoms with Gasteiger partial charge in [0.25, 0.3) is 0 Å². The fourth-order valence-corrected chi connectivity index (χ4v) is 2.62. The highest BCUT2D eigenvalue weighted by atomic mass is 79.9. The maximum atomic E-state index is 6.18. The van der Waals surface area contributed by atoms with Crippen LogP contribution >= 0.6 is 27.5 Å².